The van der Waals surface area contributed by atoms with Crippen LogP contribution >= 0.6 is 0 Å². The maximum Gasteiger partial charge on any atom is 0.435 e. The maximum atomic E-state index is 12.5. The van der Waals surface area contributed by atoms with E-state index >= 15 is 0 Å². The van der Waals surface area contributed by atoms with Crippen molar-refractivity contribution in [1.82, 2.24) is 9.78 Å². The Morgan fingerprint density at radius 3 is 2.60 bits per heavy atom. The Morgan fingerprint density at radius 2 is 1.92 bits per heavy atom. The molecule has 2 aromatic carbocycles. The number of carbonyl (C=O) groups excluding carboxylic acids is 2. The molecule has 0 unspecified atom stereocenters. The summed E-state index contributed by atoms with van der Waals surface area (Å²) in [6, 6.07) is 12.9. The van der Waals surface area contributed by atoms with Crippen LogP contribution < -0.4 is 0 Å². The monoisotopic (exact) mass is 336 g/mol. The Balaban J connectivity index is 2.20. The predicted octanol–water partition coefficient (Wildman–Crippen LogP) is 4.61. The highest BCUT2D eigenvalue weighted by Crippen LogP contribution is 2.29. The average molecular weight is 336 g/mol. The highest BCUT2D eigenvalue weighted by molar-refractivity contribution is 5.98. The number of benzene rings is 2. The molecule has 0 atom stereocenters. The summed E-state index contributed by atoms with van der Waals surface area (Å²) in [6.07, 6.45) is 0.265. The summed E-state index contributed by atoms with van der Waals surface area (Å²) in [4.78, 5) is 23.6. The van der Waals surface area contributed by atoms with Crippen LogP contribution in [0, 0.1) is 6.92 Å². The van der Waals surface area contributed by atoms with Gasteiger partial charge in [-0.2, -0.15) is 9.78 Å². The molecule has 0 N–H and O–H groups in total. The third-order valence-corrected chi connectivity index (χ3v) is 3.70. The van der Waals surface area contributed by atoms with Crippen molar-refractivity contribution >= 4 is 23.3 Å². The van der Waals surface area contributed by atoms with Gasteiger partial charge in [0.1, 0.15) is 17.6 Å². The highest BCUT2D eigenvalue weighted by atomic mass is 16.6. The zero-order valence-electron chi connectivity index (χ0n) is 14.7. The molecule has 3 rings (SSSR count). The third kappa shape index (κ3) is 3.45. The number of carbonyl (C=O) groups is 2. The standard InChI is InChI=1S/C20H20N2O3/c1-13-8-9-17-16(10-13)18(15-7-5-6-14(11-15)12-23)21-22(17)19(24)25-20(2,3)4/h5-12H,1-4H3. The summed E-state index contributed by atoms with van der Waals surface area (Å²) in [5.41, 5.74) is 3.11. The largest absolute Gasteiger partial charge is 0.442 e. The highest BCUT2D eigenvalue weighted by Gasteiger charge is 2.22. The lowest BCUT2D eigenvalue weighted by Gasteiger charge is -2.19. The van der Waals surface area contributed by atoms with Crippen molar-refractivity contribution in [1.29, 1.82) is 0 Å². The summed E-state index contributed by atoms with van der Waals surface area (Å²) < 4.78 is 6.74. The summed E-state index contributed by atoms with van der Waals surface area (Å²) in [5.74, 6) is 0. The van der Waals surface area contributed by atoms with Gasteiger partial charge in [-0.3, -0.25) is 4.79 Å². The van der Waals surface area contributed by atoms with E-state index in [0.29, 0.717) is 16.8 Å². The van der Waals surface area contributed by atoms with E-state index in [1.165, 1.54) is 4.68 Å². The van der Waals surface area contributed by atoms with E-state index in [9.17, 15) is 9.59 Å². The zero-order chi connectivity index (χ0) is 18.2. The van der Waals surface area contributed by atoms with E-state index in [2.05, 4.69) is 5.10 Å². The van der Waals surface area contributed by atoms with Gasteiger partial charge < -0.3 is 4.74 Å². The molecular weight excluding hydrogens is 316 g/mol. The van der Waals surface area contributed by atoms with Crippen molar-refractivity contribution in [2.45, 2.75) is 33.3 Å². The molecular formula is C20H20N2O3. The lowest BCUT2D eigenvalue weighted by atomic mass is 10.0. The summed E-state index contributed by atoms with van der Waals surface area (Å²) in [7, 11) is 0. The molecule has 0 spiro atoms. The lowest BCUT2D eigenvalue weighted by molar-refractivity contribution is 0.0523. The molecule has 0 saturated carbocycles. The van der Waals surface area contributed by atoms with Gasteiger partial charge in [0.15, 0.2) is 0 Å². The number of aromatic nitrogens is 2. The predicted molar refractivity (Wildman–Crippen MR) is 96.9 cm³/mol. The van der Waals surface area contributed by atoms with E-state index in [0.717, 1.165) is 22.8 Å². The number of fused-ring (bicyclic) bond motifs is 1. The maximum absolute atomic E-state index is 12.5. The van der Waals surface area contributed by atoms with Gasteiger partial charge in [0.2, 0.25) is 0 Å². The van der Waals surface area contributed by atoms with Crippen LogP contribution in [0.5, 0.6) is 0 Å². The van der Waals surface area contributed by atoms with Gasteiger partial charge in [0.25, 0.3) is 0 Å². The van der Waals surface area contributed by atoms with Gasteiger partial charge in [-0.1, -0.05) is 29.8 Å². The van der Waals surface area contributed by atoms with Crippen molar-refractivity contribution in [2.75, 3.05) is 0 Å². The second kappa shape index (κ2) is 6.16. The Kier molecular flexibility index (Phi) is 4.17. The lowest BCUT2D eigenvalue weighted by Crippen LogP contribution is -2.27. The molecule has 0 aliphatic carbocycles. The number of nitrogens with zero attached hydrogens (tertiary/aromatic N) is 2. The minimum Gasteiger partial charge on any atom is -0.442 e. The number of aryl methyl sites for hydroxylation is 1. The molecule has 0 aliphatic heterocycles. The van der Waals surface area contributed by atoms with Crippen molar-refractivity contribution in [3.63, 3.8) is 0 Å². The summed E-state index contributed by atoms with van der Waals surface area (Å²) >= 11 is 0. The molecule has 0 radical (unpaired) electrons. The van der Waals surface area contributed by atoms with E-state index < -0.39 is 11.7 Å². The Hall–Kier alpha value is -2.95. The SMILES string of the molecule is Cc1ccc2c(c1)c(-c1cccc(C=O)c1)nn2C(=O)OC(C)(C)C. The van der Waals surface area contributed by atoms with Gasteiger partial charge in [0.05, 0.1) is 5.52 Å². The minimum absolute atomic E-state index is 0.529. The molecule has 0 aliphatic rings. The first-order valence-corrected chi connectivity index (χ1v) is 8.07. The molecule has 5 nitrogen and oxygen atoms in total. The minimum atomic E-state index is -0.613. The first kappa shape index (κ1) is 16.9. The number of hydrogen-bond acceptors (Lipinski definition) is 4. The van der Waals surface area contributed by atoms with Gasteiger partial charge in [-0.15, -0.1) is 0 Å². The number of rotatable bonds is 2. The average Bonchev–Trinajstić information content (AvgIpc) is 2.92. The van der Waals surface area contributed by atoms with Gasteiger partial charge in [-0.25, -0.2) is 4.79 Å². The normalized spacial score (nSPS) is 11.5. The van der Waals surface area contributed by atoms with Crippen LogP contribution in [0.4, 0.5) is 4.79 Å². The van der Waals surface area contributed by atoms with Gasteiger partial charge in [-0.05, 0) is 45.9 Å². The van der Waals surface area contributed by atoms with Crippen LogP contribution in [0.25, 0.3) is 22.2 Å². The van der Waals surface area contributed by atoms with E-state index in [-0.39, 0.29) is 0 Å². The fourth-order valence-electron chi connectivity index (χ4n) is 2.65. The van der Waals surface area contributed by atoms with Crippen LogP contribution in [0.15, 0.2) is 42.5 Å². The van der Waals surface area contributed by atoms with Crippen LogP contribution in [0.1, 0.15) is 36.7 Å². The quantitative estimate of drug-likeness (QED) is 0.641. The summed E-state index contributed by atoms with van der Waals surface area (Å²) in [5, 5.41) is 5.33. The number of aldehydes is 1. The molecule has 0 fully saturated rings. The van der Waals surface area contributed by atoms with E-state index in [1.807, 2.05) is 52.0 Å². The van der Waals surface area contributed by atoms with Crippen LogP contribution in [-0.2, 0) is 4.74 Å². The van der Waals surface area contributed by atoms with Crippen molar-refractivity contribution in [2.24, 2.45) is 0 Å². The molecule has 0 bridgehead atoms. The van der Waals surface area contributed by atoms with E-state index in [1.54, 1.807) is 18.2 Å². The smallest absolute Gasteiger partial charge is 0.435 e. The Labute approximate surface area is 146 Å². The molecule has 128 valence electrons. The third-order valence-electron chi connectivity index (χ3n) is 3.70. The first-order valence-electron chi connectivity index (χ1n) is 8.07. The fraction of sp³-hybridized carbons (Fsp3) is 0.250. The Morgan fingerprint density at radius 1 is 1.16 bits per heavy atom. The topological polar surface area (TPSA) is 61.2 Å². The van der Waals surface area contributed by atoms with Crippen LogP contribution in [0.2, 0.25) is 0 Å². The Bertz CT molecular complexity index is 965. The molecule has 0 amide bonds. The van der Waals surface area contributed by atoms with Crippen LogP contribution in [-0.4, -0.2) is 27.8 Å². The van der Waals surface area contributed by atoms with Crippen molar-refractivity contribution in [3.8, 4) is 11.3 Å². The fourth-order valence-corrected chi connectivity index (χ4v) is 2.65. The molecule has 25 heavy (non-hydrogen) atoms. The second-order valence-electron chi connectivity index (χ2n) is 7.00. The number of ether oxygens (including phenoxy) is 1. The summed E-state index contributed by atoms with van der Waals surface area (Å²) in [6.45, 7) is 7.43. The molecule has 1 heterocycles. The molecule has 0 saturated heterocycles. The van der Waals surface area contributed by atoms with Gasteiger partial charge in [0, 0.05) is 16.5 Å². The second-order valence-corrected chi connectivity index (χ2v) is 7.00. The first-order chi connectivity index (χ1) is 11.8. The zero-order valence-corrected chi connectivity index (χ0v) is 14.7. The van der Waals surface area contributed by atoms with E-state index in [4.69, 9.17) is 4.74 Å². The van der Waals surface area contributed by atoms with Crippen LogP contribution in [0.3, 0.4) is 0 Å². The molecule has 5 heteroatoms. The number of hydrogen-bond donors (Lipinski definition) is 0. The molecule has 1 aromatic heterocycles. The molecule has 3 aromatic rings. The van der Waals surface area contributed by atoms with Crippen molar-refractivity contribution in [3.05, 3.63) is 53.6 Å². The van der Waals surface area contributed by atoms with Crippen molar-refractivity contribution < 1.29 is 14.3 Å². The van der Waals surface area contributed by atoms with Gasteiger partial charge >= 0.3 is 6.09 Å².